The molecule has 7 nitrogen and oxygen atoms in total. The largest absolute Gasteiger partial charge is 0.459 e. The molecule has 32 heavy (non-hydrogen) atoms. The third-order valence-electron chi connectivity index (χ3n) is 7.59. The van der Waals surface area contributed by atoms with E-state index < -0.39 is 57.0 Å². The number of carbonyl (C=O) groups is 2. The summed E-state index contributed by atoms with van der Waals surface area (Å²) >= 11 is 0. The van der Waals surface area contributed by atoms with E-state index in [0.717, 1.165) is 12.8 Å². The maximum atomic E-state index is 13.3. The van der Waals surface area contributed by atoms with Gasteiger partial charge in [0.1, 0.15) is 11.4 Å². The number of carbonyl (C=O) groups excluding carboxylic acids is 2. The van der Waals surface area contributed by atoms with Crippen LogP contribution in [0.2, 0.25) is 0 Å². The van der Waals surface area contributed by atoms with Crippen molar-refractivity contribution in [3.05, 3.63) is 0 Å². The van der Waals surface area contributed by atoms with Gasteiger partial charge in [0.15, 0.2) is 0 Å². The molecule has 0 aromatic carbocycles. The molecule has 3 fully saturated rings. The second-order valence-corrected chi connectivity index (χ2v) is 11.8. The van der Waals surface area contributed by atoms with Crippen molar-refractivity contribution in [1.29, 1.82) is 0 Å². The molecular weight excluding hydrogens is 453 g/mol. The molecule has 11 heteroatoms. The van der Waals surface area contributed by atoms with Gasteiger partial charge in [-0.3, -0.25) is 14.1 Å². The van der Waals surface area contributed by atoms with Crippen LogP contribution in [-0.4, -0.2) is 48.5 Å². The Bertz CT molecular complexity index is 850. The van der Waals surface area contributed by atoms with Crippen LogP contribution >= 0.6 is 0 Å². The van der Waals surface area contributed by atoms with Crippen LogP contribution in [0.25, 0.3) is 0 Å². The molecule has 0 amide bonds. The smallest absolute Gasteiger partial charge is 0.426 e. The second-order valence-electron chi connectivity index (χ2n) is 10.3. The van der Waals surface area contributed by atoms with Gasteiger partial charge in [0.05, 0.1) is 11.3 Å². The number of rotatable bonds is 7. The number of alkyl halides is 3. The van der Waals surface area contributed by atoms with Crippen LogP contribution < -0.4 is 0 Å². The highest BCUT2D eigenvalue weighted by atomic mass is 32.2. The lowest BCUT2D eigenvalue weighted by Crippen LogP contribution is -2.57. The monoisotopic (exact) mass is 484 g/mol. The Hall–Kier alpha value is -1.36. The van der Waals surface area contributed by atoms with E-state index in [4.69, 9.17) is 9.29 Å². The van der Waals surface area contributed by atoms with Gasteiger partial charge >= 0.3 is 18.1 Å². The van der Waals surface area contributed by atoms with Gasteiger partial charge < -0.3 is 9.47 Å². The average molecular weight is 485 g/mol. The van der Waals surface area contributed by atoms with Crippen LogP contribution in [0.4, 0.5) is 13.2 Å². The molecule has 0 spiro atoms. The topological polar surface area (TPSA) is 107 Å². The quantitative estimate of drug-likeness (QED) is 0.431. The van der Waals surface area contributed by atoms with Gasteiger partial charge in [-0.15, -0.1) is 0 Å². The van der Waals surface area contributed by atoms with Gasteiger partial charge in [0.2, 0.25) is 6.10 Å². The molecule has 0 saturated heterocycles. The second kappa shape index (κ2) is 8.45. The van der Waals surface area contributed by atoms with Crippen LogP contribution in [0.3, 0.4) is 0 Å². The summed E-state index contributed by atoms with van der Waals surface area (Å²) in [7, 11) is -5.02. The van der Waals surface area contributed by atoms with Crippen LogP contribution in [0.5, 0.6) is 0 Å². The van der Waals surface area contributed by atoms with Gasteiger partial charge in [0, 0.05) is 6.42 Å². The number of ether oxygens (including phenoxy) is 2. The molecule has 3 aliphatic carbocycles. The third kappa shape index (κ3) is 5.40. The summed E-state index contributed by atoms with van der Waals surface area (Å²) in [6, 6.07) is 0. The van der Waals surface area contributed by atoms with Crippen molar-refractivity contribution in [2.24, 2.45) is 29.1 Å². The molecule has 184 valence electrons. The number of hydrogen-bond acceptors (Lipinski definition) is 6. The molecule has 3 bridgehead atoms. The lowest BCUT2D eigenvalue weighted by molar-refractivity contribution is -0.227. The summed E-state index contributed by atoms with van der Waals surface area (Å²) in [6.45, 7) is 5.38. The summed E-state index contributed by atoms with van der Waals surface area (Å²) in [5, 5.41) is 0. The number of halogens is 3. The predicted molar refractivity (Wildman–Crippen MR) is 107 cm³/mol. The molecule has 0 aromatic heterocycles. The minimum atomic E-state index is -5.15. The first-order chi connectivity index (χ1) is 14.6. The summed E-state index contributed by atoms with van der Waals surface area (Å²) in [5.74, 6) is -4.08. The standard InChI is InChI=1S/C21H31F3O7S/c1-4-19(2,3)18(26)31-20-8-12-5-6-14(13(7-12)9-20)15(10-20)17(25)30-16(21(22,23)24)11-32(27,28)29/h12-16H,4-11H2,1-3H3,(H,27,28,29). The average Bonchev–Trinajstić information content (AvgIpc) is 2.63. The number of fused-ring (bicyclic) bond motifs is 2. The number of esters is 2. The fraction of sp³-hybridized carbons (Fsp3) is 0.905. The van der Waals surface area contributed by atoms with Crippen molar-refractivity contribution in [1.82, 2.24) is 0 Å². The van der Waals surface area contributed by atoms with Crippen LogP contribution in [0, 0.1) is 29.1 Å². The van der Waals surface area contributed by atoms with Crippen molar-refractivity contribution in [3.63, 3.8) is 0 Å². The normalized spacial score (nSPS) is 33.5. The third-order valence-corrected chi connectivity index (χ3v) is 8.31. The van der Waals surface area contributed by atoms with E-state index in [1.807, 2.05) is 6.92 Å². The van der Waals surface area contributed by atoms with E-state index in [1.165, 1.54) is 0 Å². The van der Waals surface area contributed by atoms with Gasteiger partial charge in [0.25, 0.3) is 10.1 Å². The maximum Gasteiger partial charge on any atom is 0.426 e. The first kappa shape index (κ1) is 25.3. The van der Waals surface area contributed by atoms with Crippen LogP contribution in [0.15, 0.2) is 0 Å². The summed E-state index contributed by atoms with van der Waals surface area (Å²) in [6.07, 6.45) is -4.11. The fourth-order valence-corrected chi connectivity index (χ4v) is 6.26. The van der Waals surface area contributed by atoms with Gasteiger partial charge in [-0.05, 0) is 70.1 Å². The van der Waals surface area contributed by atoms with Crippen molar-refractivity contribution in [2.45, 2.75) is 83.6 Å². The van der Waals surface area contributed by atoms with Crippen molar-refractivity contribution < 1.29 is 45.2 Å². The van der Waals surface area contributed by atoms with Crippen molar-refractivity contribution in [3.8, 4) is 0 Å². The Morgan fingerprint density at radius 1 is 1.16 bits per heavy atom. The molecule has 6 atom stereocenters. The van der Waals surface area contributed by atoms with Gasteiger partial charge in [-0.25, -0.2) is 0 Å². The zero-order valence-electron chi connectivity index (χ0n) is 18.5. The Morgan fingerprint density at radius 3 is 2.38 bits per heavy atom. The molecule has 0 aromatic rings. The zero-order chi connectivity index (χ0) is 24.1. The van der Waals surface area contributed by atoms with Gasteiger partial charge in [-0.2, -0.15) is 21.6 Å². The molecule has 1 N–H and O–H groups in total. The first-order valence-electron chi connectivity index (χ1n) is 11.0. The summed E-state index contributed by atoms with van der Waals surface area (Å²) < 4.78 is 81.4. The van der Waals surface area contributed by atoms with E-state index in [0.29, 0.717) is 31.6 Å². The minimum Gasteiger partial charge on any atom is -0.459 e. The molecule has 3 rings (SSSR count). The SMILES string of the molecule is CCC(C)(C)C(=O)OC12CC3CCC(C(C3)C1)C(C(=O)OC(CS(=O)(=O)O)C(F)(F)F)C2. The van der Waals surface area contributed by atoms with E-state index in [1.54, 1.807) is 13.8 Å². The first-order valence-corrected chi connectivity index (χ1v) is 12.6. The lowest BCUT2D eigenvalue weighted by Gasteiger charge is -2.56. The minimum absolute atomic E-state index is 0.0252. The molecule has 3 saturated carbocycles. The molecule has 0 radical (unpaired) electrons. The van der Waals surface area contributed by atoms with Crippen molar-refractivity contribution >= 4 is 22.1 Å². The van der Waals surface area contributed by atoms with Crippen LogP contribution in [0.1, 0.15) is 65.7 Å². The fourth-order valence-electron chi connectivity index (χ4n) is 5.62. The lowest BCUT2D eigenvalue weighted by atomic mass is 9.52. The van der Waals surface area contributed by atoms with E-state index in [2.05, 4.69) is 4.74 Å². The van der Waals surface area contributed by atoms with E-state index in [-0.39, 0.29) is 18.3 Å². The van der Waals surface area contributed by atoms with Crippen LogP contribution in [-0.2, 0) is 29.2 Å². The van der Waals surface area contributed by atoms with Crippen molar-refractivity contribution in [2.75, 3.05) is 5.75 Å². The van der Waals surface area contributed by atoms with E-state index in [9.17, 15) is 31.2 Å². The molecular formula is C21H31F3O7S. The summed E-state index contributed by atoms with van der Waals surface area (Å²) in [4.78, 5) is 25.7. The van der Waals surface area contributed by atoms with E-state index >= 15 is 0 Å². The molecule has 6 unspecified atom stereocenters. The molecule has 0 aliphatic heterocycles. The summed E-state index contributed by atoms with van der Waals surface area (Å²) in [5.41, 5.74) is -1.67. The Kier molecular flexibility index (Phi) is 6.67. The zero-order valence-corrected chi connectivity index (χ0v) is 19.3. The van der Waals surface area contributed by atoms with Gasteiger partial charge in [-0.1, -0.05) is 6.92 Å². The Morgan fingerprint density at radius 2 is 1.81 bits per heavy atom. The Balaban J connectivity index is 1.84. The molecule has 0 heterocycles. The number of hydrogen-bond donors (Lipinski definition) is 1. The predicted octanol–water partition coefficient (Wildman–Crippen LogP) is 3.91. The Labute approximate surface area is 186 Å². The highest BCUT2D eigenvalue weighted by Crippen LogP contribution is 2.58. The highest BCUT2D eigenvalue weighted by molar-refractivity contribution is 7.85. The maximum absolute atomic E-state index is 13.3. The molecule has 3 aliphatic rings. The highest BCUT2D eigenvalue weighted by Gasteiger charge is 2.58.